The van der Waals surface area contributed by atoms with Crippen LogP contribution in [0.25, 0.3) is 0 Å². The molecule has 0 heterocycles. The Morgan fingerprint density at radius 3 is 2.50 bits per heavy atom. The van der Waals surface area contributed by atoms with E-state index in [4.69, 9.17) is 5.11 Å². The molecule has 0 bridgehead atoms. The maximum atomic E-state index is 11.0. The fraction of sp³-hybridized carbons (Fsp3) is 0.417. The molecule has 0 fully saturated rings. The Kier molecular flexibility index (Phi) is 5.93. The van der Waals surface area contributed by atoms with Gasteiger partial charge in [-0.25, -0.2) is 4.79 Å². The van der Waals surface area contributed by atoms with Crippen molar-refractivity contribution in [2.45, 2.75) is 19.4 Å². The fourth-order valence-corrected chi connectivity index (χ4v) is 1.84. The minimum Gasteiger partial charge on any atom is -0.465 e. The highest BCUT2D eigenvalue weighted by Gasteiger charge is 2.11. The van der Waals surface area contributed by atoms with E-state index in [2.05, 4.69) is 15.9 Å². The highest BCUT2D eigenvalue weighted by molar-refractivity contribution is 9.09. The highest BCUT2D eigenvalue weighted by Crippen LogP contribution is 2.06. The first kappa shape index (κ1) is 13.0. The number of carboxylic acid groups (broad SMARTS) is 1. The van der Waals surface area contributed by atoms with E-state index in [0.29, 0.717) is 13.1 Å². The predicted octanol–water partition coefficient (Wildman–Crippen LogP) is 3.34. The number of nitrogens with zero attached hydrogens (tertiary/aromatic N) is 1. The fourth-order valence-electron chi connectivity index (χ4n) is 1.44. The molecule has 0 atom stereocenters. The second-order valence-corrected chi connectivity index (χ2v) is 4.38. The van der Waals surface area contributed by atoms with Crippen molar-refractivity contribution in [2.24, 2.45) is 0 Å². The molecule has 88 valence electrons. The first-order chi connectivity index (χ1) is 7.74. The summed E-state index contributed by atoms with van der Waals surface area (Å²) in [7, 11) is 0. The SMILES string of the molecule is O=C(O)N(CCCCBr)Cc1ccccc1. The van der Waals surface area contributed by atoms with Gasteiger partial charge in [-0.15, -0.1) is 0 Å². The third-order valence-corrected chi connectivity index (χ3v) is 2.86. The van der Waals surface area contributed by atoms with Gasteiger partial charge < -0.3 is 10.0 Å². The van der Waals surface area contributed by atoms with Crippen molar-refractivity contribution in [3.8, 4) is 0 Å². The van der Waals surface area contributed by atoms with Gasteiger partial charge in [0.15, 0.2) is 0 Å². The average molecular weight is 286 g/mol. The van der Waals surface area contributed by atoms with Crippen LogP contribution in [0.5, 0.6) is 0 Å². The lowest BCUT2D eigenvalue weighted by Crippen LogP contribution is -2.29. The van der Waals surface area contributed by atoms with Crippen LogP contribution in [0, 0.1) is 0 Å². The number of hydrogen-bond donors (Lipinski definition) is 1. The molecule has 0 radical (unpaired) electrons. The zero-order chi connectivity index (χ0) is 11.8. The van der Waals surface area contributed by atoms with E-state index >= 15 is 0 Å². The van der Waals surface area contributed by atoms with Gasteiger partial charge in [-0.05, 0) is 18.4 Å². The highest BCUT2D eigenvalue weighted by atomic mass is 79.9. The number of alkyl halides is 1. The van der Waals surface area contributed by atoms with Crippen LogP contribution in [-0.2, 0) is 6.54 Å². The largest absolute Gasteiger partial charge is 0.465 e. The van der Waals surface area contributed by atoms with E-state index in [0.717, 1.165) is 23.7 Å². The average Bonchev–Trinajstić information content (AvgIpc) is 2.29. The number of carbonyl (C=O) groups is 1. The van der Waals surface area contributed by atoms with Crippen LogP contribution < -0.4 is 0 Å². The lowest BCUT2D eigenvalue weighted by molar-refractivity contribution is 0.141. The summed E-state index contributed by atoms with van der Waals surface area (Å²) in [5.41, 5.74) is 1.03. The molecule has 1 N–H and O–H groups in total. The molecule has 0 unspecified atom stereocenters. The standard InChI is InChI=1S/C12H16BrNO2/c13-8-4-5-9-14(12(15)16)10-11-6-2-1-3-7-11/h1-3,6-7H,4-5,8-10H2,(H,15,16). The summed E-state index contributed by atoms with van der Waals surface area (Å²) < 4.78 is 0. The quantitative estimate of drug-likeness (QED) is 0.643. The molecule has 0 aromatic heterocycles. The van der Waals surface area contributed by atoms with E-state index in [9.17, 15) is 4.79 Å². The van der Waals surface area contributed by atoms with Crippen molar-refractivity contribution in [3.05, 3.63) is 35.9 Å². The summed E-state index contributed by atoms with van der Waals surface area (Å²) in [6.45, 7) is 1.06. The molecule has 0 saturated heterocycles. The minimum atomic E-state index is -0.849. The van der Waals surface area contributed by atoms with Crippen LogP contribution >= 0.6 is 15.9 Å². The van der Waals surface area contributed by atoms with E-state index < -0.39 is 6.09 Å². The Hall–Kier alpha value is -1.03. The Bertz CT molecular complexity index is 316. The van der Waals surface area contributed by atoms with Gasteiger partial charge in [0, 0.05) is 18.4 Å². The van der Waals surface area contributed by atoms with Gasteiger partial charge in [0.1, 0.15) is 0 Å². The Labute approximate surface area is 104 Å². The predicted molar refractivity (Wildman–Crippen MR) is 67.9 cm³/mol. The lowest BCUT2D eigenvalue weighted by atomic mass is 10.2. The maximum absolute atomic E-state index is 11.0. The first-order valence-electron chi connectivity index (χ1n) is 5.32. The Morgan fingerprint density at radius 1 is 1.25 bits per heavy atom. The van der Waals surface area contributed by atoms with Crippen molar-refractivity contribution in [1.29, 1.82) is 0 Å². The van der Waals surface area contributed by atoms with Crippen LogP contribution in [0.2, 0.25) is 0 Å². The number of amides is 1. The molecular weight excluding hydrogens is 270 g/mol. The summed E-state index contributed by atoms with van der Waals surface area (Å²) in [4.78, 5) is 12.5. The monoisotopic (exact) mass is 285 g/mol. The molecule has 0 aliphatic rings. The molecule has 4 heteroatoms. The minimum absolute atomic E-state index is 0.471. The first-order valence-corrected chi connectivity index (χ1v) is 6.44. The lowest BCUT2D eigenvalue weighted by Gasteiger charge is -2.18. The van der Waals surface area contributed by atoms with Gasteiger partial charge in [-0.3, -0.25) is 0 Å². The molecule has 0 aliphatic heterocycles. The Balaban J connectivity index is 2.48. The molecule has 0 aliphatic carbocycles. The molecule has 1 aromatic carbocycles. The molecule has 0 saturated carbocycles. The summed E-state index contributed by atoms with van der Waals surface area (Å²) in [6.07, 6.45) is 1.04. The summed E-state index contributed by atoms with van der Waals surface area (Å²) in [6, 6.07) is 9.67. The summed E-state index contributed by atoms with van der Waals surface area (Å²) in [5.74, 6) is 0. The van der Waals surface area contributed by atoms with E-state index in [1.807, 2.05) is 30.3 Å². The number of unbranched alkanes of at least 4 members (excludes halogenated alkanes) is 1. The zero-order valence-corrected chi connectivity index (χ0v) is 10.7. The zero-order valence-electron chi connectivity index (χ0n) is 9.10. The summed E-state index contributed by atoms with van der Waals surface area (Å²) >= 11 is 3.34. The van der Waals surface area contributed by atoms with Gasteiger partial charge in [-0.1, -0.05) is 46.3 Å². The molecular formula is C12H16BrNO2. The van der Waals surface area contributed by atoms with E-state index in [-0.39, 0.29) is 0 Å². The van der Waals surface area contributed by atoms with Gasteiger partial charge in [-0.2, -0.15) is 0 Å². The van der Waals surface area contributed by atoms with Gasteiger partial charge >= 0.3 is 6.09 Å². The van der Waals surface area contributed by atoms with Crippen LogP contribution in [0.15, 0.2) is 30.3 Å². The van der Waals surface area contributed by atoms with Crippen molar-refractivity contribution < 1.29 is 9.90 Å². The van der Waals surface area contributed by atoms with E-state index in [1.165, 1.54) is 4.90 Å². The number of halogens is 1. The number of benzene rings is 1. The third-order valence-electron chi connectivity index (χ3n) is 2.30. The second-order valence-electron chi connectivity index (χ2n) is 3.59. The Morgan fingerprint density at radius 2 is 1.94 bits per heavy atom. The van der Waals surface area contributed by atoms with Crippen molar-refractivity contribution in [2.75, 3.05) is 11.9 Å². The third kappa shape index (κ3) is 4.66. The maximum Gasteiger partial charge on any atom is 0.407 e. The van der Waals surface area contributed by atoms with Crippen LogP contribution in [-0.4, -0.2) is 28.0 Å². The van der Waals surface area contributed by atoms with Gasteiger partial charge in [0.05, 0.1) is 0 Å². The second kappa shape index (κ2) is 7.28. The van der Waals surface area contributed by atoms with Crippen molar-refractivity contribution in [1.82, 2.24) is 4.90 Å². The van der Waals surface area contributed by atoms with Crippen LogP contribution in [0.3, 0.4) is 0 Å². The number of rotatable bonds is 6. The van der Waals surface area contributed by atoms with E-state index in [1.54, 1.807) is 0 Å². The smallest absolute Gasteiger partial charge is 0.407 e. The molecule has 1 amide bonds. The molecule has 1 rings (SSSR count). The van der Waals surface area contributed by atoms with Crippen LogP contribution in [0.1, 0.15) is 18.4 Å². The normalized spacial score (nSPS) is 10.1. The van der Waals surface area contributed by atoms with Crippen molar-refractivity contribution >= 4 is 22.0 Å². The molecule has 16 heavy (non-hydrogen) atoms. The topological polar surface area (TPSA) is 40.5 Å². The molecule has 0 spiro atoms. The number of hydrogen-bond acceptors (Lipinski definition) is 1. The molecule has 3 nitrogen and oxygen atoms in total. The van der Waals surface area contributed by atoms with Gasteiger partial charge in [0.2, 0.25) is 0 Å². The summed E-state index contributed by atoms with van der Waals surface area (Å²) in [5, 5.41) is 9.97. The van der Waals surface area contributed by atoms with Crippen molar-refractivity contribution in [3.63, 3.8) is 0 Å². The molecule has 1 aromatic rings. The van der Waals surface area contributed by atoms with Gasteiger partial charge in [0.25, 0.3) is 0 Å². The van der Waals surface area contributed by atoms with Crippen LogP contribution in [0.4, 0.5) is 4.79 Å².